The summed E-state index contributed by atoms with van der Waals surface area (Å²) in [7, 11) is 0. The maximum atomic E-state index is 11.9. The number of allylic oxidation sites excluding steroid dienone is 1. The number of carbonyl (C=O) groups excluding carboxylic acids is 1. The van der Waals surface area contributed by atoms with Crippen LogP contribution in [0.3, 0.4) is 0 Å². The minimum Gasteiger partial charge on any atom is -0.353 e. The summed E-state index contributed by atoms with van der Waals surface area (Å²) >= 11 is 0. The molecule has 3 heteroatoms. The molecule has 19 heavy (non-hydrogen) atoms. The first-order chi connectivity index (χ1) is 9.11. The Morgan fingerprint density at radius 3 is 2.84 bits per heavy atom. The van der Waals surface area contributed by atoms with Gasteiger partial charge in [0.15, 0.2) is 12.1 Å². The fourth-order valence-corrected chi connectivity index (χ4v) is 3.95. The van der Waals surface area contributed by atoms with E-state index in [9.17, 15) is 4.79 Å². The van der Waals surface area contributed by atoms with Crippen molar-refractivity contribution in [3.63, 3.8) is 0 Å². The van der Waals surface area contributed by atoms with Crippen LogP contribution in [-0.4, -0.2) is 24.8 Å². The molecule has 1 heterocycles. The predicted molar refractivity (Wildman–Crippen MR) is 72.7 cm³/mol. The maximum Gasteiger partial charge on any atom is 0.158 e. The minimum absolute atomic E-state index is 0.0205. The third-order valence-electron chi connectivity index (χ3n) is 5.25. The van der Waals surface area contributed by atoms with Gasteiger partial charge in [-0.1, -0.05) is 12.5 Å². The first-order valence-corrected chi connectivity index (χ1v) is 7.62. The van der Waals surface area contributed by atoms with Gasteiger partial charge in [-0.2, -0.15) is 0 Å². The van der Waals surface area contributed by atoms with Crippen LogP contribution < -0.4 is 0 Å². The van der Waals surface area contributed by atoms with Crippen LogP contribution in [-0.2, 0) is 14.3 Å². The van der Waals surface area contributed by atoms with Gasteiger partial charge in [-0.05, 0) is 51.0 Å². The molecule has 0 aromatic rings. The molecule has 1 saturated carbocycles. The molecule has 0 bridgehead atoms. The summed E-state index contributed by atoms with van der Waals surface area (Å²) in [6.07, 6.45) is 7.26. The average molecular weight is 264 g/mol. The molecule has 0 aromatic carbocycles. The molecular weight excluding hydrogens is 240 g/mol. The van der Waals surface area contributed by atoms with E-state index in [0.29, 0.717) is 12.2 Å². The summed E-state index contributed by atoms with van der Waals surface area (Å²) in [6, 6.07) is 0. The van der Waals surface area contributed by atoms with Crippen molar-refractivity contribution in [1.82, 2.24) is 0 Å². The molecule has 1 aliphatic heterocycles. The monoisotopic (exact) mass is 264 g/mol. The van der Waals surface area contributed by atoms with Crippen LogP contribution in [0, 0.1) is 5.41 Å². The van der Waals surface area contributed by atoms with Gasteiger partial charge in [-0.25, -0.2) is 0 Å². The standard InChI is InChI=1S/C16H24O3/c1-11-12-6-7-14(16(12,2)9-8-13(11)17)19-15-5-3-4-10-18-15/h14-15H,3-10H2,1-2H3/t14-,15?,16-/m0/s1. The molecular formula is C16H24O3. The molecule has 3 nitrogen and oxygen atoms in total. The van der Waals surface area contributed by atoms with Gasteiger partial charge in [0.25, 0.3) is 0 Å². The van der Waals surface area contributed by atoms with E-state index in [4.69, 9.17) is 9.47 Å². The van der Waals surface area contributed by atoms with Crippen molar-refractivity contribution in [2.45, 2.75) is 71.2 Å². The molecule has 2 aliphatic carbocycles. The van der Waals surface area contributed by atoms with E-state index in [1.807, 2.05) is 6.92 Å². The first-order valence-electron chi connectivity index (χ1n) is 7.62. The third kappa shape index (κ3) is 2.27. The summed E-state index contributed by atoms with van der Waals surface area (Å²) in [4.78, 5) is 11.9. The summed E-state index contributed by atoms with van der Waals surface area (Å²) in [5.41, 5.74) is 2.42. The summed E-state index contributed by atoms with van der Waals surface area (Å²) in [6.45, 7) is 5.10. The second-order valence-corrected chi connectivity index (χ2v) is 6.40. The normalized spacial score (nSPS) is 39.6. The van der Waals surface area contributed by atoms with Gasteiger partial charge in [0, 0.05) is 18.4 Å². The Bertz CT molecular complexity index is 406. The van der Waals surface area contributed by atoms with Crippen LogP contribution in [0.4, 0.5) is 0 Å². The number of fused-ring (bicyclic) bond motifs is 1. The second kappa shape index (κ2) is 5.02. The molecule has 0 spiro atoms. The van der Waals surface area contributed by atoms with E-state index in [0.717, 1.165) is 44.3 Å². The largest absolute Gasteiger partial charge is 0.353 e. The number of carbonyl (C=O) groups is 1. The Hall–Kier alpha value is -0.670. The van der Waals surface area contributed by atoms with Crippen LogP contribution in [0.15, 0.2) is 11.1 Å². The van der Waals surface area contributed by atoms with E-state index < -0.39 is 0 Å². The molecule has 106 valence electrons. The fraction of sp³-hybridized carbons (Fsp3) is 0.812. The van der Waals surface area contributed by atoms with Gasteiger partial charge in [0.05, 0.1) is 6.10 Å². The van der Waals surface area contributed by atoms with Crippen molar-refractivity contribution < 1.29 is 14.3 Å². The van der Waals surface area contributed by atoms with E-state index >= 15 is 0 Å². The molecule has 2 fully saturated rings. The number of hydrogen-bond donors (Lipinski definition) is 0. The van der Waals surface area contributed by atoms with E-state index in [2.05, 4.69) is 6.92 Å². The Morgan fingerprint density at radius 2 is 2.11 bits per heavy atom. The highest BCUT2D eigenvalue weighted by molar-refractivity contribution is 5.96. The highest BCUT2D eigenvalue weighted by atomic mass is 16.7. The molecule has 3 atom stereocenters. The van der Waals surface area contributed by atoms with Crippen LogP contribution >= 0.6 is 0 Å². The summed E-state index contributed by atoms with van der Waals surface area (Å²) in [5.74, 6) is 0.335. The topological polar surface area (TPSA) is 35.5 Å². The number of hydrogen-bond acceptors (Lipinski definition) is 3. The van der Waals surface area contributed by atoms with Gasteiger partial charge in [-0.3, -0.25) is 4.79 Å². The molecule has 1 saturated heterocycles. The summed E-state index contributed by atoms with van der Waals surface area (Å²) < 4.78 is 11.9. The molecule has 0 aromatic heterocycles. The summed E-state index contributed by atoms with van der Waals surface area (Å²) in [5, 5.41) is 0. The average Bonchev–Trinajstić information content (AvgIpc) is 2.74. The minimum atomic E-state index is -0.0205. The lowest BCUT2D eigenvalue weighted by molar-refractivity contribution is -0.203. The van der Waals surface area contributed by atoms with Crippen LogP contribution in [0.25, 0.3) is 0 Å². The van der Waals surface area contributed by atoms with Gasteiger partial charge >= 0.3 is 0 Å². The third-order valence-corrected chi connectivity index (χ3v) is 5.25. The number of Topliss-reactive ketones (excluding diaryl/α,β-unsaturated/α-hetero) is 1. The van der Waals surface area contributed by atoms with Crippen molar-refractivity contribution in [3.8, 4) is 0 Å². The number of ketones is 1. The van der Waals surface area contributed by atoms with Crippen LogP contribution in [0.2, 0.25) is 0 Å². The van der Waals surface area contributed by atoms with Crippen LogP contribution in [0.1, 0.15) is 58.8 Å². The lowest BCUT2D eigenvalue weighted by Gasteiger charge is -2.38. The Kier molecular flexibility index (Phi) is 3.52. The van der Waals surface area contributed by atoms with Crippen molar-refractivity contribution >= 4 is 5.78 Å². The zero-order chi connectivity index (χ0) is 13.5. The molecule has 0 radical (unpaired) electrons. The van der Waals surface area contributed by atoms with Crippen molar-refractivity contribution in [2.75, 3.05) is 6.61 Å². The second-order valence-electron chi connectivity index (χ2n) is 6.40. The lowest BCUT2D eigenvalue weighted by Crippen LogP contribution is -2.38. The molecule has 3 rings (SSSR count). The van der Waals surface area contributed by atoms with Gasteiger partial charge < -0.3 is 9.47 Å². The SMILES string of the molecule is CC1=C2CC[C@H](OC3CCCCO3)[C@@]2(C)CCC1=O. The zero-order valence-electron chi connectivity index (χ0n) is 12.0. The van der Waals surface area contributed by atoms with Crippen molar-refractivity contribution in [2.24, 2.45) is 5.41 Å². The fourth-order valence-electron chi connectivity index (χ4n) is 3.95. The smallest absolute Gasteiger partial charge is 0.158 e. The maximum absolute atomic E-state index is 11.9. The highest BCUT2D eigenvalue weighted by Gasteiger charge is 2.48. The Labute approximate surface area is 115 Å². The highest BCUT2D eigenvalue weighted by Crippen LogP contribution is 2.52. The van der Waals surface area contributed by atoms with Gasteiger partial charge in [-0.15, -0.1) is 0 Å². The van der Waals surface area contributed by atoms with E-state index in [1.165, 1.54) is 12.0 Å². The van der Waals surface area contributed by atoms with Crippen molar-refractivity contribution in [1.29, 1.82) is 0 Å². The number of ether oxygens (including phenoxy) is 2. The van der Waals surface area contributed by atoms with Crippen molar-refractivity contribution in [3.05, 3.63) is 11.1 Å². The first kappa shape index (κ1) is 13.3. The van der Waals surface area contributed by atoms with Crippen LogP contribution in [0.5, 0.6) is 0 Å². The number of rotatable bonds is 2. The molecule has 1 unspecified atom stereocenters. The molecule has 3 aliphatic rings. The zero-order valence-corrected chi connectivity index (χ0v) is 12.0. The molecule has 0 N–H and O–H groups in total. The van der Waals surface area contributed by atoms with E-state index in [-0.39, 0.29) is 17.8 Å². The lowest BCUT2D eigenvalue weighted by atomic mass is 9.71. The quantitative estimate of drug-likeness (QED) is 0.767. The van der Waals surface area contributed by atoms with Gasteiger partial charge in [0.1, 0.15) is 0 Å². The predicted octanol–water partition coefficient (Wildman–Crippen LogP) is 3.38. The van der Waals surface area contributed by atoms with Gasteiger partial charge in [0.2, 0.25) is 0 Å². The Morgan fingerprint density at radius 1 is 1.26 bits per heavy atom. The molecule has 0 amide bonds. The van der Waals surface area contributed by atoms with E-state index in [1.54, 1.807) is 0 Å². The Balaban J connectivity index is 1.76.